The standard InChI is InChI=1S/C10H10BrNO/c11-9-3-1-2-8(6-9)7-12-13-10-4-5-10/h1-3,6-7,10H,4-5H2. The van der Waals surface area contributed by atoms with E-state index in [-0.39, 0.29) is 0 Å². The highest BCUT2D eigenvalue weighted by molar-refractivity contribution is 9.10. The zero-order chi connectivity index (χ0) is 9.10. The van der Waals surface area contributed by atoms with Gasteiger partial charge in [0, 0.05) is 4.47 Å². The van der Waals surface area contributed by atoms with E-state index in [1.54, 1.807) is 6.21 Å². The van der Waals surface area contributed by atoms with Crippen molar-refractivity contribution in [2.24, 2.45) is 5.16 Å². The fraction of sp³-hybridized carbons (Fsp3) is 0.300. The largest absolute Gasteiger partial charge is 0.392 e. The monoisotopic (exact) mass is 239 g/mol. The summed E-state index contributed by atoms with van der Waals surface area (Å²) in [5, 5.41) is 3.90. The van der Waals surface area contributed by atoms with Crippen LogP contribution in [0.3, 0.4) is 0 Å². The molecule has 0 amide bonds. The van der Waals surface area contributed by atoms with Gasteiger partial charge in [0.25, 0.3) is 0 Å². The molecule has 0 atom stereocenters. The van der Waals surface area contributed by atoms with E-state index < -0.39 is 0 Å². The lowest BCUT2D eigenvalue weighted by atomic mass is 10.2. The van der Waals surface area contributed by atoms with E-state index in [0.717, 1.165) is 22.9 Å². The van der Waals surface area contributed by atoms with Crippen LogP contribution < -0.4 is 0 Å². The molecule has 1 aromatic carbocycles. The Kier molecular flexibility index (Phi) is 2.64. The summed E-state index contributed by atoms with van der Waals surface area (Å²) >= 11 is 3.39. The molecule has 13 heavy (non-hydrogen) atoms. The second-order valence-electron chi connectivity index (χ2n) is 3.09. The van der Waals surface area contributed by atoms with Gasteiger partial charge in [-0.1, -0.05) is 33.2 Å². The predicted molar refractivity (Wildman–Crippen MR) is 55.8 cm³/mol. The lowest BCUT2D eigenvalue weighted by Gasteiger charge is -1.94. The normalized spacial score (nSPS) is 16.4. The molecular formula is C10H10BrNO. The van der Waals surface area contributed by atoms with Crippen LogP contribution in [0.2, 0.25) is 0 Å². The minimum Gasteiger partial charge on any atom is -0.392 e. The van der Waals surface area contributed by atoms with Gasteiger partial charge in [0.15, 0.2) is 0 Å². The maximum atomic E-state index is 5.15. The van der Waals surface area contributed by atoms with Crippen molar-refractivity contribution >= 4 is 22.1 Å². The lowest BCUT2D eigenvalue weighted by molar-refractivity contribution is 0.131. The Balaban J connectivity index is 1.95. The molecule has 0 aromatic heterocycles. The maximum absolute atomic E-state index is 5.15. The zero-order valence-corrected chi connectivity index (χ0v) is 8.70. The molecule has 2 nitrogen and oxygen atoms in total. The van der Waals surface area contributed by atoms with Crippen LogP contribution in [0.4, 0.5) is 0 Å². The van der Waals surface area contributed by atoms with Gasteiger partial charge in [0.2, 0.25) is 0 Å². The van der Waals surface area contributed by atoms with E-state index >= 15 is 0 Å². The van der Waals surface area contributed by atoms with E-state index in [9.17, 15) is 0 Å². The van der Waals surface area contributed by atoms with Gasteiger partial charge in [0.1, 0.15) is 6.10 Å². The molecule has 1 aromatic rings. The highest BCUT2D eigenvalue weighted by Crippen LogP contribution is 2.23. The summed E-state index contributed by atoms with van der Waals surface area (Å²) in [6.07, 6.45) is 4.41. The van der Waals surface area contributed by atoms with Gasteiger partial charge >= 0.3 is 0 Å². The fourth-order valence-corrected chi connectivity index (χ4v) is 1.35. The van der Waals surface area contributed by atoms with Crippen LogP contribution in [0, 0.1) is 0 Å². The number of oxime groups is 1. The molecule has 1 fully saturated rings. The average molecular weight is 240 g/mol. The Bertz CT molecular complexity index is 320. The van der Waals surface area contributed by atoms with Crippen molar-refractivity contribution in [1.29, 1.82) is 0 Å². The van der Waals surface area contributed by atoms with E-state index in [1.807, 2.05) is 24.3 Å². The zero-order valence-electron chi connectivity index (χ0n) is 7.11. The summed E-state index contributed by atoms with van der Waals surface area (Å²) in [4.78, 5) is 5.15. The molecule has 2 rings (SSSR count). The maximum Gasteiger partial charge on any atom is 0.127 e. The van der Waals surface area contributed by atoms with Gasteiger partial charge < -0.3 is 4.84 Å². The summed E-state index contributed by atoms with van der Waals surface area (Å²) in [6.45, 7) is 0. The first-order valence-electron chi connectivity index (χ1n) is 4.29. The molecule has 0 heterocycles. The summed E-state index contributed by atoms with van der Waals surface area (Å²) in [5.41, 5.74) is 1.05. The number of benzene rings is 1. The van der Waals surface area contributed by atoms with E-state index in [1.165, 1.54) is 0 Å². The molecule has 1 saturated carbocycles. The average Bonchev–Trinajstić information content (AvgIpc) is 2.88. The second-order valence-corrected chi connectivity index (χ2v) is 4.01. The highest BCUT2D eigenvalue weighted by atomic mass is 79.9. The van der Waals surface area contributed by atoms with E-state index in [0.29, 0.717) is 6.10 Å². The topological polar surface area (TPSA) is 21.6 Å². The Hall–Kier alpha value is -0.830. The van der Waals surface area contributed by atoms with Gasteiger partial charge in [-0.05, 0) is 30.5 Å². The molecular weight excluding hydrogens is 230 g/mol. The van der Waals surface area contributed by atoms with Crippen molar-refractivity contribution in [1.82, 2.24) is 0 Å². The van der Waals surface area contributed by atoms with Gasteiger partial charge in [-0.25, -0.2) is 0 Å². The minimum absolute atomic E-state index is 0.378. The van der Waals surface area contributed by atoms with Crippen LogP contribution >= 0.6 is 15.9 Å². The quantitative estimate of drug-likeness (QED) is 0.588. The summed E-state index contributed by atoms with van der Waals surface area (Å²) < 4.78 is 1.06. The van der Waals surface area contributed by atoms with Crippen molar-refractivity contribution in [3.63, 3.8) is 0 Å². The van der Waals surface area contributed by atoms with Gasteiger partial charge in [-0.15, -0.1) is 0 Å². The van der Waals surface area contributed by atoms with Crippen molar-refractivity contribution in [2.45, 2.75) is 18.9 Å². The third-order valence-electron chi connectivity index (χ3n) is 1.78. The number of nitrogens with zero attached hydrogens (tertiary/aromatic N) is 1. The first-order valence-corrected chi connectivity index (χ1v) is 5.08. The van der Waals surface area contributed by atoms with Crippen LogP contribution in [-0.2, 0) is 4.84 Å². The van der Waals surface area contributed by atoms with Crippen LogP contribution in [0.25, 0.3) is 0 Å². The van der Waals surface area contributed by atoms with Crippen LogP contribution in [0.15, 0.2) is 33.9 Å². The Morgan fingerprint density at radius 3 is 3.00 bits per heavy atom. The lowest BCUT2D eigenvalue weighted by Crippen LogP contribution is -1.86. The number of hydrogen-bond donors (Lipinski definition) is 0. The molecule has 0 saturated heterocycles. The number of rotatable bonds is 3. The molecule has 68 valence electrons. The Morgan fingerprint density at radius 1 is 1.46 bits per heavy atom. The molecule has 1 aliphatic carbocycles. The number of halogens is 1. The van der Waals surface area contributed by atoms with Crippen molar-refractivity contribution in [3.8, 4) is 0 Å². The molecule has 0 N–H and O–H groups in total. The van der Waals surface area contributed by atoms with E-state index in [2.05, 4.69) is 21.1 Å². The Labute approximate surface area is 85.7 Å². The van der Waals surface area contributed by atoms with E-state index in [4.69, 9.17) is 4.84 Å². The third-order valence-corrected chi connectivity index (χ3v) is 2.28. The first-order chi connectivity index (χ1) is 6.34. The van der Waals surface area contributed by atoms with Crippen LogP contribution in [-0.4, -0.2) is 12.3 Å². The van der Waals surface area contributed by atoms with Crippen LogP contribution in [0.5, 0.6) is 0 Å². The predicted octanol–water partition coefficient (Wildman–Crippen LogP) is 2.96. The third kappa shape index (κ3) is 2.84. The van der Waals surface area contributed by atoms with Crippen molar-refractivity contribution in [3.05, 3.63) is 34.3 Å². The van der Waals surface area contributed by atoms with Crippen molar-refractivity contribution < 1.29 is 4.84 Å². The number of hydrogen-bond acceptors (Lipinski definition) is 2. The second kappa shape index (κ2) is 3.92. The van der Waals surface area contributed by atoms with Crippen molar-refractivity contribution in [2.75, 3.05) is 0 Å². The fourth-order valence-electron chi connectivity index (χ4n) is 0.938. The van der Waals surface area contributed by atoms with Gasteiger partial charge in [0.05, 0.1) is 6.21 Å². The van der Waals surface area contributed by atoms with Gasteiger partial charge in [-0.2, -0.15) is 0 Å². The summed E-state index contributed by atoms with van der Waals surface area (Å²) in [6, 6.07) is 7.95. The Morgan fingerprint density at radius 2 is 2.31 bits per heavy atom. The smallest absolute Gasteiger partial charge is 0.127 e. The first kappa shape index (κ1) is 8.75. The summed E-state index contributed by atoms with van der Waals surface area (Å²) in [5.74, 6) is 0. The highest BCUT2D eigenvalue weighted by Gasteiger charge is 2.23. The molecule has 3 heteroatoms. The summed E-state index contributed by atoms with van der Waals surface area (Å²) in [7, 11) is 0. The molecule has 0 spiro atoms. The van der Waals surface area contributed by atoms with Crippen LogP contribution in [0.1, 0.15) is 18.4 Å². The molecule has 0 bridgehead atoms. The molecule has 0 radical (unpaired) electrons. The molecule has 0 aliphatic heterocycles. The van der Waals surface area contributed by atoms with Gasteiger partial charge in [-0.3, -0.25) is 0 Å². The minimum atomic E-state index is 0.378. The molecule has 0 unspecified atom stereocenters. The molecule has 1 aliphatic rings. The SMILES string of the molecule is Brc1cccc(C=NOC2CC2)c1.